The number of nitrogens with one attached hydrogen (secondary N) is 2. The Morgan fingerprint density at radius 3 is 2.65 bits per heavy atom. The van der Waals surface area contributed by atoms with E-state index in [1.54, 1.807) is 0 Å². The van der Waals surface area contributed by atoms with Crippen LogP contribution >= 0.6 is 0 Å². The van der Waals surface area contributed by atoms with Crippen LogP contribution in [0.2, 0.25) is 0 Å². The Labute approximate surface area is 139 Å². The fourth-order valence-electron chi connectivity index (χ4n) is 4.82. The third-order valence-corrected chi connectivity index (χ3v) is 6.41. The van der Waals surface area contributed by atoms with Crippen LogP contribution < -0.4 is 10.6 Å². The SMILES string of the molecule is CN(C(=O)CNC(=O)[C@@]12CCCC[C@H]1CNC2)C1CCCCC1. The molecule has 1 saturated heterocycles. The van der Waals surface area contributed by atoms with Gasteiger partial charge in [0.2, 0.25) is 11.8 Å². The van der Waals surface area contributed by atoms with Gasteiger partial charge in [-0.1, -0.05) is 32.1 Å². The minimum atomic E-state index is -0.262. The van der Waals surface area contributed by atoms with Gasteiger partial charge in [0.25, 0.3) is 0 Å². The molecule has 0 aromatic heterocycles. The molecule has 0 aromatic rings. The normalized spacial score (nSPS) is 31.4. The summed E-state index contributed by atoms with van der Waals surface area (Å²) in [4.78, 5) is 27.1. The highest BCUT2D eigenvalue weighted by Gasteiger charge is 2.49. The van der Waals surface area contributed by atoms with Crippen LogP contribution in [-0.2, 0) is 9.59 Å². The Morgan fingerprint density at radius 1 is 1.13 bits per heavy atom. The van der Waals surface area contributed by atoms with E-state index in [0.717, 1.165) is 45.2 Å². The van der Waals surface area contributed by atoms with Crippen molar-refractivity contribution in [3.8, 4) is 0 Å². The average Bonchev–Trinajstić information content (AvgIpc) is 3.04. The number of hydrogen-bond donors (Lipinski definition) is 2. The lowest BCUT2D eigenvalue weighted by molar-refractivity contribution is -0.138. The number of hydrogen-bond acceptors (Lipinski definition) is 3. The van der Waals surface area contributed by atoms with Crippen molar-refractivity contribution in [3.05, 3.63) is 0 Å². The number of amides is 2. The summed E-state index contributed by atoms with van der Waals surface area (Å²) in [5, 5.41) is 6.36. The summed E-state index contributed by atoms with van der Waals surface area (Å²) in [6, 6.07) is 0.363. The Morgan fingerprint density at radius 2 is 1.87 bits per heavy atom. The summed E-state index contributed by atoms with van der Waals surface area (Å²) in [5.41, 5.74) is -0.262. The van der Waals surface area contributed by atoms with Crippen molar-refractivity contribution in [1.29, 1.82) is 0 Å². The molecule has 0 bridgehead atoms. The maximum atomic E-state index is 12.8. The third-order valence-electron chi connectivity index (χ3n) is 6.41. The summed E-state index contributed by atoms with van der Waals surface area (Å²) >= 11 is 0. The molecular formula is C18H31N3O2. The van der Waals surface area contributed by atoms with E-state index in [1.807, 2.05) is 11.9 Å². The van der Waals surface area contributed by atoms with E-state index in [-0.39, 0.29) is 23.8 Å². The van der Waals surface area contributed by atoms with Gasteiger partial charge in [0.1, 0.15) is 0 Å². The molecule has 3 aliphatic rings. The zero-order valence-electron chi connectivity index (χ0n) is 14.4. The first-order valence-corrected chi connectivity index (χ1v) is 9.38. The average molecular weight is 321 g/mol. The van der Waals surface area contributed by atoms with Crippen molar-refractivity contribution in [2.75, 3.05) is 26.7 Å². The molecule has 0 unspecified atom stereocenters. The van der Waals surface area contributed by atoms with E-state index in [1.165, 1.54) is 25.7 Å². The molecule has 1 aliphatic heterocycles. The van der Waals surface area contributed by atoms with Gasteiger partial charge in [0.05, 0.1) is 12.0 Å². The number of rotatable bonds is 4. The van der Waals surface area contributed by atoms with Crippen molar-refractivity contribution in [2.24, 2.45) is 11.3 Å². The van der Waals surface area contributed by atoms with Gasteiger partial charge in [-0.25, -0.2) is 0 Å². The maximum absolute atomic E-state index is 12.8. The molecule has 2 aliphatic carbocycles. The van der Waals surface area contributed by atoms with Crippen LogP contribution in [0.4, 0.5) is 0 Å². The van der Waals surface area contributed by atoms with Crippen LogP contribution in [-0.4, -0.2) is 49.4 Å². The summed E-state index contributed by atoms with van der Waals surface area (Å²) in [7, 11) is 1.89. The molecule has 0 radical (unpaired) electrons. The predicted molar refractivity (Wildman–Crippen MR) is 89.9 cm³/mol. The lowest BCUT2D eigenvalue weighted by Gasteiger charge is -2.37. The Bertz CT molecular complexity index is 448. The van der Waals surface area contributed by atoms with E-state index >= 15 is 0 Å². The van der Waals surface area contributed by atoms with Crippen molar-refractivity contribution < 1.29 is 9.59 Å². The number of nitrogens with zero attached hydrogens (tertiary/aromatic N) is 1. The second-order valence-corrected chi connectivity index (χ2v) is 7.71. The van der Waals surface area contributed by atoms with Gasteiger partial charge in [0.15, 0.2) is 0 Å². The van der Waals surface area contributed by atoms with E-state index in [4.69, 9.17) is 0 Å². The molecule has 1 heterocycles. The quantitative estimate of drug-likeness (QED) is 0.828. The first-order valence-electron chi connectivity index (χ1n) is 9.38. The van der Waals surface area contributed by atoms with Gasteiger partial charge < -0.3 is 15.5 Å². The molecule has 5 nitrogen and oxygen atoms in total. The molecule has 0 aromatic carbocycles. The summed E-state index contributed by atoms with van der Waals surface area (Å²) in [6.45, 7) is 1.87. The molecule has 2 N–H and O–H groups in total. The molecule has 2 atom stereocenters. The molecular weight excluding hydrogens is 290 g/mol. The van der Waals surface area contributed by atoms with Gasteiger partial charge in [-0.3, -0.25) is 9.59 Å². The Hall–Kier alpha value is -1.10. The van der Waals surface area contributed by atoms with Gasteiger partial charge in [-0.2, -0.15) is 0 Å². The van der Waals surface area contributed by atoms with Gasteiger partial charge >= 0.3 is 0 Å². The number of carbonyl (C=O) groups is 2. The molecule has 5 heteroatoms. The van der Waals surface area contributed by atoms with E-state index in [2.05, 4.69) is 10.6 Å². The van der Waals surface area contributed by atoms with E-state index < -0.39 is 0 Å². The highest BCUT2D eigenvalue weighted by Crippen LogP contribution is 2.43. The van der Waals surface area contributed by atoms with Crippen molar-refractivity contribution in [3.63, 3.8) is 0 Å². The van der Waals surface area contributed by atoms with Gasteiger partial charge in [-0.05, 0) is 38.1 Å². The van der Waals surface area contributed by atoms with Crippen LogP contribution in [0.1, 0.15) is 57.8 Å². The lowest BCUT2D eigenvalue weighted by Crippen LogP contribution is -2.51. The first kappa shape index (κ1) is 16.7. The molecule has 2 saturated carbocycles. The van der Waals surface area contributed by atoms with Crippen LogP contribution in [0.25, 0.3) is 0 Å². The third kappa shape index (κ3) is 3.39. The van der Waals surface area contributed by atoms with Crippen molar-refractivity contribution in [2.45, 2.75) is 63.8 Å². The maximum Gasteiger partial charge on any atom is 0.241 e. The first-order chi connectivity index (χ1) is 11.1. The number of carbonyl (C=O) groups excluding carboxylic acids is 2. The van der Waals surface area contributed by atoms with Crippen molar-refractivity contribution >= 4 is 11.8 Å². The topological polar surface area (TPSA) is 61.4 Å². The predicted octanol–water partition coefficient (Wildman–Crippen LogP) is 1.67. The molecule has 2 amide bonds. The molecule has 23 heavy (non-hydrogen) atoms. The number of likely N-dealkylation sites (N-methyl/N-ethyl adjacent to an activating group) is 1. The number of fused-ring (bicyclic) bond motifs is 1. The molecule has 3 fully saturated rings. The van der Waals surface area contributed by atoms with Crippen molar-refractivity contribution in [1.82, 2.24) is 15.5 Å². The Kier molecular flexibility index (Phi) is 5.24. The summed E-state index contributed by atoms with van der Waals surface area (Å²) < 4.78 is 0. The fourth-order valence-corrected chi connectivity index (χ4v) is 4.82. The van der Waals surface area contributed by atoms with Crippen LogP contribution in [0.15, 0.2) is 0 Å². The minimum absolute atomic E-state index is 0.0555. The van der Waals surface area contributed by atoms with Gasteiger partial charge in [-0.15, -0.1) is 0 Å². The highest BCUT2D eigenvalue weighted by atomic mass is 16.2. The lowest BCUT2D eigenvalue weighted by atomic mass is 9.67. The fraction of sp³-hybridized carbons (Fsp3) is 0.889. The molecule has 3 rings (SSSR count). The highest BCUT2D eigenvalue weighted by molar-refractivity contribution is 5.88. The monoisotopic (exact) mass is 321 g/mol. The molecule has 0 spiro atoms. The van der Waals surface area contributed by atoms with Crippen LogP contribution in [0.5, 0.6) is 0 Å². The second-order valence-electron chi connectivity index (χ2n) is 7.71. The van der Waals surface area contributed by atoms with E-state index in [9.17, 15) is 9.59 Å². The minimum Gasteiger partial charge on any atom is -0.346 e. The summed E-state index contributed by atoms with van der Waals surface area (Å²) in [5.74, 6) is 0.597. The zero-order valence-corrected chi connectivity index (χ0v) is 14.4. The van der Waals surface area contributed by atoms with E-state index in [0.29, 0.717) is 12.0 Å². The smallest absolute Gasteiger partial charge is 0.241 e. The molecule has 130 valence electrons. The largest absolute Gasteiger partial charge is 0.346 e. The van der Waals surface area contributed by atoms with Crippen LogP contribution in [0.3, 0.4) is 0 Å². The van der Waals surface area contributed by atoms with Crippen LogP contribution in [0, 0.1) is 11.3 Å². The Balaban J connectivity index is 1.52. The van der Waals surface area contributed by atoms with Gasteiger partial charge in [0, 0.05) is 19.6 Å². The second kappa shape index (κ2) is 7.20. The summed E-state index contributed by atoms with van der Waals surface area (Å²) in [6.07, 6.45) is 10.4. The standard InChI is InChI=1S/C18H31N3O2/c1-21(15-8-3-2-4-9-15)16(22)12-20-17(23)18-10-6-5-7-14(18)11-19-13-18/h14-15,19H,2-13H2,1H3,(H,20,23)/t14-,18+/m0/s1. The zero-order chi connectivity index (χ0) is 16.3.